The molecule has 3 aliphatic heterocycles. The molecule has 0 fully saturated rings. The molecule has 0 aromatic heterocycles. The van der Waals surface area contributed by atoms with Gasteiger partial charge in [-0.3, -0.25) is 0 Å². The highest BCUT2D eigenvalue weighted by molar-refractivity contribution is 7.91. The maximum atomic E-state index is 15.1. The monoisotopic (exact) mass is 863 g/mol. The number of hydrogen-bond acceptors (Lipinski definition) is 6. The Morgan fingerprint density at radius 3 is 1.52 bits per heavy atom. The molecule has 3 aliphatic rings. The van der Waals surface area contributed by atoms with Gasteiger partial charge in [-0.2, -0.15) is 5.26 Å². The van der Waals surface area contributed by atoms with Gasteiger partial charge in [-0.05, 0) is 115 Å². The van der Waals surface area contributed by atoms with Crippen molar-refractivity contribution in [1.82, 2.24) is 0 Å². The summed E-state index contributed by atoms with van der Waals surface area (Å²) in [5, 5.41) is 11.6. The zero-order chi connectivity index (χ0) is 44.9. The Hall–Kier alpha value is -7.75. The van der Waals surface area contributed by atoms with Gasteiger partial charge in [0.25, 0.3) is 0 Å². The number of anilines is 3. The molecule has 8 aromatic rings. The van der Waals surface area contributed by atoms with E-state index in [1.807, 2.05) is 100 Å². The van der Waals surface area contributed by atoms with E-state index in [2.05, 4.69) is 88.6 Å². The maximum absolute atomic E-state index is 15.1. The number of nitrogens with zero attached hydrogens (tertiary/aromatic N) is 3. The van der Waals surface area contributed by atoms with Crippen molar-refractivity contribution in [1.29, 1.82) is 5.26 Å². The second-order valence-electron chi connectivity index (χ2n) is 17.7. The molecule has 0 saturated carbocycles. The molecule has 1 spiro atoms. The van der Waals surface area contributed by atoms with Gasteiger partial charge in [0, 0.05) is 16.7 Å². The van der Waals surface area contributed by atoms with Gasteiger partial charge in [0.15, 0.2) is 9.84 Å². The van der Waals surface area contributed by atoms with Crippen LogP contribution < -0.4 is 9.64 Å². The molecule has 0 bridgehead atoms. The normalized spacial score (nSPS) is 15.6. The van der Waals surface area contributed by atoms with Crippen LogP contribution >= 0.6 is 0 Å². The van der Waals surface area contributed by atoms with Crippen LogP contribution in [0.3, 0.4) is 0 Å². The number of nitriles is 1. The molecular weight excluding hydrogens is 823 g/mol. The molecule has 65 heavy (non-hydrogen) atoms. The highest BCUT2D eigenvalue weighted by Crippen LogP contribution is 2.66. The number of rotatable bonds is 5. The molecule has 0 saturated heterocycles. The van der Waals surface area contributed by atoms with E-state index in [1.165, 1.54) is 12.1 Å². The van der Waals surface area contributed by atoms with Crippen LogP contribution in [0.2, 0.25) is 0 Å². The molecule has 11 rings (SSSR count). The summed E-state index contributed by atoms with van der Waals surface area (Å²) in [5.74, 6) is 1.43. The van der Waals surface area contributed by atoms with Crippen LogP contribution in [0.1, 0.15) is 66.6 Å². The summed E-state index contributed by atoms with van der Waals surface area (Å²) in [6.07, 6.45) is 0. The van der Waals surface area contributed by atoms with Crippen molar-refractivity contribution in [2.24, 2.45) is 0 Å². The van der Waals surface area contributed by atoms with Gasteiger partial charge in [0.05, 0.1) is 61.7 Å². The largest absolute Gasteiger partial charge is 0.457 e. The van der Waals surface area contributed by atoms with Gasteiger partial charge in [-0.15, -0.1) is 0 Å². The van der Waals surface area contributed by atoms with Gasteiger partial charge >= 0.3 is 0 Å². The van der Waals surface area contributed by atoms with Crippen molar-refractivity contribution < 1.29 is 17.9 Å². The number of para-hydroxylation sites is 2. The minimum atomic E-state index is -4.37. The van der Waals surface area contributed by atoms with Crippen molar-refractivity contribution in [2.45, 2.75) is 54.1 Å². The zero-order valence-electron chi connectivity index (χ0n) is 36.1. The highest BCUT2D eigenvalue weighted by Gasteiger charge is 2.55. The molecule has 0 unspecified atom stereocenters. The van der Waals surface area contributed by atoms with Crippen LogP contribution in [-0.4, -0.2) is 8.42 Å². The summed E-state index contributed by atoms with van der Waals surface area (Å²) in [4.78, 5) is 5.91. The Labute approximate surface area is 379 Å². The Bertz CT molecular complexity index is 3340. The number of fused-ring (bicyclic) bond motifs is 9. The lowest BCUT2D eigenvalue weighted by Gasteiger charge is -2.49. The fourth-order valence-electron chi connectivity index (χ4n) is 10.8. The van der Waals surface area contributed by atoms with E-state index >= 15 is 8.42 Å². The van der Waals surface area contributed by atoms with Crippen molar-refractivity contribution in [3.63, 3.8) is 0 Å². The SMILES string of the molecule is [C-]#[N+]c1c(C#N)c(N2c3ccc(-c4ccccc4)cc3C3(c4ccccc4Oc4ccccc43)c3cc(-c4ccccc4)ccc32)c2c(c1S(=O)(=O)c1ccccc1)C(C)(C)OC2(C)C. The first-order valence-electron chi connectivity index (χ1n) is 21.5. The average Bonchev–Trinajstić information content (AvgIpc) is 3.53. The van der Waals surface area contributed by atoms with Gasteiger partial charge in [-0.1, -0.05) is 127 Å². The van der Waals surface area contributed by atoms with Crippen LogP contribution in [0.25, 0.3) is 27.1 Å². The van der Waals surface area contributed by atoms with Gasteiger partial charge < -0.3 is 14.4 Å². The molecule has 314 valence electrons. The van der Waals surface area contributed by atoms with Gasteiger partial charge in [0.1, 0.15) is 11.5 Å². The average molecular weight is 864 g/mol. The quantitative estimate of drug-likeness (QED) is 0.160. The molecule has 0 amide bonds. The van der Waals surface area contributed by atoms with Crippen LogP contribution in [0, 0.1) is 17.9 Å². The minimum Gasteiger partial charge on any atom is -0.457 e. The molecule has 0 N–H and O–H groups in total. The van der Waals surface area contributed by atoms with Crippen LogP contribution in [0.5, 0.6) is 11.5 Å². The summed E-state index contributed by atoms with van der Waals surface area (Å²) >= 11 is 0. The Kier molecular flexibility index (Phi) is 8.86. The minimum absolute atomic E-state index is 0.0265. The van der Waals surface area contributed by atoms with E-state index in [-0.39, 0.29) is 21.0 Å². The zero-order valence-corrected chi connectivity index (χ0v) is 36.9. The lowest BCUT2D eigenvalue weighted by atomic mass is 9.60. The van der Waals surface area contributed by atoms with E-state index in [0.29, 0.717) is 28.3 Å². The number of benzene rings is 8. The van der Waals surface area contributed by atoms with E-state index in [1.54, 1.807) is 18.2 Å². The van der Waals surface area contributed by atoms with Gasteiger partial charge in [-0.25, -0.2) is 13.3 Å². The van der Waals surface area contributed by atoms with Crippen LogP contribution in [-0.2, 0) is 31.2 Å². The number of hydrogen-bond donors (Lipinski definition) is 0. The molecule has 8 aromatic carbocycles. The van der Waals surface area contributed by atoms with E-state index in [4.69, 9.17) is 16.0 Å². The smallest absolute Gasteiger partial charge is 0.225 e. The molecular formula is C57H41N3O4S. The summed E-state index contributed by atoms with van der Waals surface area (Å²) in [5.41, 5.74) is 6.91. The van der Waals surface area contributed by atoms with Crippen molar-refractivity contribution in [3.05, 3.63) is 226 Å². The second-order valence-corrected chi connectivity index (χ2v) is 19.6. The lowest BCUT2D eigenvalue weighted by Crippen LogP contribution is -2.40. The van der Waals surface area contributed by atoms with Crippen molar-refractivity contribution >= 4 is 32.6 Å². The summed E-state index contributed by atoms with van der Waals surface area (Å²) in [6.45, 7) is 16.3. The molecule has 3 heterocycles. The second kappa shape index (κ2) is 14.4. The third-order valence-electron chi connectivity index (χ3n) is 13.2. The summed E-state index contributed by atoms with van der Waals surface area (Å²) in [7, 11) is -4.37. The van der Waals surface area contributed by atoms with E-state index in [0.717, 1.165) is 55.9 Å². The highest BCUT2D eigenvalue weighted by atomic mass is 32.2. The van der Waals surface area contributed by atoms with Gasteiger partial charge in [0.2, 0.25) is 5.69 Å². The fourth-order valence-corrected chi connectivity index (χ4v) is 12.6. The maximum Gasteiger partial charge on any atom is 0.225 e. The Balaban J connectivity index is 1.35. The Morgan fingerprint density at radius 1 is 0.569 bits per heavy atom. The third-order valence-corrected chi connectivity index (χ3v) is 15.0. The van der Waals surface area contributed by atoms with Crippen LogP contribution in [0.4, 0.5) is 22.7 Å². The van der Waals surface area contributed by atoms with Crippen LogP contribution in [0.15, 0.2) is 186 Å². The summed E-state index contributed by atoms with van der Waals surface area (Å²) in [6, 6.07) is 60.3. The molecule has 0 radical (unpaired) electrons. The first kappa shape index (κ1) is 40.1. The lowest BCUT2D eigenvalue weighted by molar-refractivity contribution is -0.105. The predicted octanol–water partition coefficient (Wildman–Crippen LogP) is 14.0. The predicted molar refractivity (Wildman–Crippen MR) is 254 cm³/mol. The molecule has 0 aliphatic carbocycles. The fraction of sp³-hybridized carbons (Fsp3) is 0.123. The number of sulfone groups is 1. The third kappa shape index (κ3) is 5.71. The first-order chi connectivity index (χ1) is 31.4. The van der Waals surface area contributed by atoms with Crippen molar-refractivity contribution in [3.8, 4) is 39.8 Å². The Morgan fingerprint density at radius 2 is 1.03 bits per heavy atom. The topological polar surface area (TPSA) is 84.0 Å². The number of ether oxygens (including phenoxy) is 2. The molecule has 7 nitrogen and oxygen atoms in total. The first-order valence-corrected chi connectivity index (χ1v) is 23.0. The van der Waals surface area contributed by atoms with E-state index in [9.17, 15) is 5.26 Å². The molecule has 8 heteroatoms. The van der Waals surface area contributed by atoms with Crippen molar-refractivity contribution in [2.75, 3.05) is 4.90 Å². The standard InChI is InChI=1S/C57H41N3O4S/c1-55(2)50-51(56(3,4)64-55)54(65(61,62)40-23-13-8-14-24-40)52(59-5)41(35-58)53(50)60-46-31-29-38(36-19-9-6-10-20-36)33-44(46)57(45-34-39(30-32-47(45)60)37-21-11-7-12-22-37)42-25-15-17-27-48(42)63-49-28-18-16-26-43(49)57/h6-34H,1-4H3. The summed E-state index contributed by atoms with van der Waals surface area (Å²) < 4.78 is 43.8. The molecule has 0 atom stereocenters. The van der Waals surface area contributed by atoms with E-state index < -0.39 is 26.5 Å².